The lowest BCUT2D eigenvalue weighted by Gasteiger charge is -2.11. The first-order chi connectivity index (χ1) is 10.7. The number of carbonyl (C=O) groups is 1. The molecule has 0 aliphatic carbocycles. The van der Waals surface area contributed by atoms with Crippen LogP contribution in [0.25, 0.3) is 11.0 Å². The summed E-state index contributed by atoms with van der Waals surface area (Å²) in [6.07, 6.45) is 1.09. The lowest BCUT2D eigenvalue weighted by Crippen LogP contribution is -2.01. The number of nitro groups is 1. The molecule has 1 heterocycles. The minimum absolute atomic E-state index is 0.0261. The highest BCUT2D eigenvalue weighted by Gasteiger charge is 2.19. The number of benzene rings is 2. The quantitative estimate of drug-likeness (QED) is 0.404. The van der Waals surface area contributed by atoms with Crippen LogP contribution in [0.15, 0.2) is 59.0 Å². The SMILES string of the molecule is O=CC[C@@H](c1ccc([N+](=O)[O-])cc1)c1cc2ccccc2o1. The van der Waals surface area contributed by atoms with Gasteiger partial charge in [0.2, 0.25) is 0 Å². The summed E-state index contributed by atoms with van der Waals surface area (Å²) in [5.74, 6) is 0.438. The number of rotatable bonds is 5. The average Bonchev–Trinajstić information content (AvgIpc) is 2.96. The second-order valence-electron chi connectivity index (χ2n) is 4.99. The van der Waals surface area contributed by atoms with E-state index in [0.29, 0.717) is 5.76 Å². The molecule has 3 aromatic rings. The fraction of sp³-hybridized carbons (Fsp3) is 0.118. The van der Waals surface area contributed by atoms with Crippen LogP contribution < -0.4 is 0 Å². The van der Waals surface area contributed by atoms with Gasteiger partial charge in [-0.25, -0.2) is 0 Å². The molecule has 110 valence electrons. The number of nitro benzene ring substituents is 1. The summed E-state index contributed by atoms with van der Waals surface area (Å²) in [6.45, 7) is 0. The van der Waals surface area contributed by atoms with Gasteiger partial charge < -0.3 is 9.21 Å². The molecular weight excluding hydrogens is 282 g/mol. The molecule has 0 saturated carbocycles. The van der Waals surface area contributed by atoms with Gasteiger partial charge in [-0.05, 0) is 17.7 Å². The summed E-state index contributed by atoms with van der Waals surface area (Å²) in [5.41, 5.74) is 1.60. The number of furan rings is 1. The van der Waals surface area contributed by atoms with Gasteiger partial charge in [0.25, 0.3) is 5.69 Å². The zero-order valence-corrected chi connectivity index (χ0v) is 11.6. The fourth-order valence-electron chi connectivity index (χ4n) is 2.52. The third-order valence-electron chi connectivity index (χ3n) is 3.63. The van der Waals surface area contributed by atoms with Crippen molar-refractivity contribution in [2.24, 2.45) is 0 Å². The Balaban J connectivity index is 2.01. The molecule has 5 nitrogen and oxygen atoms in total. The van der Waals surface area contributed by atoms with Crippen molar-refractivity contribution < 1.29 is 14.1 Å². The highest BCUT2D eigenvalue weighted by molar-refractivity contribution is 5.78. The van der Waals surface area contributed by atoms with Gasteiger partial charge in [0, 0.05) is 29.9 Å². The smallest absolute Gasteiger partial charge is 0.269 e. The first-order valence-corrected chi connectivity index (χ1v) is 6.85. The van der Waals surface area contributed by atoms with Gasteiger partial charge in [-0.15, -0.1) is 0 Å². The predicted molar refractivity (Wildman–Crippen MR) is 81.8 cm³/mol. The Morgan fingerprint density at radius 3 is 2.50 bits per heavy atom. The molecule has 0 bridgehead atoms. The van der Waals surface area contributed by atoms with Gasteiger partial charge in [0.05, 0.1) is 4.92 Å². The standard InChI is InChI=1S/C17H13NO4/c19-10-9-15(12-5-7-14(8-6-12)18(20)21)17-11-13-3-1-2-4-16(13)22-17/h1-8,10-11,15H,9H2/t15-/m0/s1. The largest absolute Gasteiger partial charge is 0.460 e. The van der Waals surface area contributed by atoms with Gasteiger partial charge >= 0.3 is 0 Å². The molecule has 1 aromatic heterocycles. The minimum atomic E-state index is -0.445. The zero-order chi connectivity index (χ0) is 15.5. The maximum atomic E-state index is 11.0. The number of para-hydroxylation sites is 1. The second-order valence-corrected chi connectivity index (χ2v) is 4.99. The van der Waals surface area contributed by atoms with Crippen molar-refractivity contribution in [3.05, 3.63) is 76.0 Å². The molecule has 0 fully saturated rings. The monoisotopic (exact) mass is 295 g/mol. The van der Waals surface area contributed by atoms with Crippen molar-refractivity contribution >= 4 is 22.9 Å². The molecule has 0 aliphatic rings. The highest BCUT2D eigenvalue weighted by Crippen LogP contribution is 2.32. The van der Waals surface area contributed by atoms with Crippen LogP contribution in [0.2, 0.25) is 0 Å². The van der Waals surface area contributed by atoms with Crippen molar-refractivity contribution in [3.8, 4) is 0 Å². The van der Waals surface area contributed by atoms with Crippen molar-refractivity contribution in [1.82, 2.24) is 0 Å². The van der Waals surface area contributed by atoms with E-state index >= 15 is 0 Å². The topological polar surface area (TPSA) is 73.3 Å². The van der Waals surface area contributed by atoms with E-state index in [1.807, 2.05) is 30.3 Å². The molecule has 0 saturated heterocycles. The Kier molecular flexibility index (Phi) is 3.70. The van der Waals surface area contributed by atoms with Crippen LogP contribution in [0.3, 0.4) is 0 Å². The molecule has 0 N–H and O–H groups in total. The van der Waals surface area contributed by atoms with Crippen molar-refractivity contribution in [1.29, 1.82) is 0 Å². The van der Waals surface area contributed by atoms with Crippen molar-refractivity contribution in [2.75, 3.05) is 0 Å². The van der Waals surface area contributed by atoms with Crippen LogP contribution in [-0.2, 0) is 4.79 Å². The lowest BCUT2D eigenvalue weighted by molar-refractivity contribution is -0.384. The maximum absolute atomic E-state index is 11.0. The van der Waals surface area contributed by atoms with Crippen molar-refractivity contribution in [3.63, 3.8) is 0 Å². The molecular formula is C17H13NO4. The van der Waals surface area contributed by atoms with E-state index in [1.165, 1.54) is 12.1 Å². The first kappa shape index (κ1) is 14.0. The van der Waals surface area contributed by atoms with E-state index in [-0.39, 0.29) is 18.0 Å². The number of carbonyl (C=O) groups excluding carboxylic acids is 1. The molecule has 2 aromatic carbocycles. The summed E-state index contributed by atoms with van der Waals surface area (Å²) in [5, 5.41) is 11.7. The zero-order valence-electron chi connectivity index (χ0n) is 11.6. The van der Waals surface area contributed by atoms with Gasteiger partial charge in [-0.3, -0.25) is 10.1 Å². The second kappa shape index (κ2) is 5.81. The molecule has 0 unspecified atom stereocenters. The maximum Gasteiger partial charge on any atom is 0.269 e. The van der Waals surface area contributed by atoms with Crippen LogP contribution in [0.4, 0.5) is 5.69 Å². The third-order valence-corrected chi connectivity index (χ3v) is 3.63. The van der Waals surface area contributed by atoms with Crippen LogP contribution in [0.1, 0.15) is 23.7 Å². The summed E-state index contributed by atoms with van der Waals surface area (Å²) in [6, 6.07) is 15.7. The van der Waals surface area contributed by atoms with Gasteiger partial charge in [-0.2, -0.15) is 0 Å². The summed E-state index contributed by atoms with van der Waals surface area (Å²) < 4.78 is 5.82. The van der Waals surface area contributed by atoms with Crippen LogP contribution in [-0.4, -0.2) is 11.2 Å². The van der Waals surface area contributed by atoms with E-state index < -0.39 is 4.92 Å². The van der Waals surface area contributed by atoms with E-state index in [2.05, 4.69) is 0 Å². The summed E-state index contributed by atoms with van der Waals surface area (Å²) in [4.78, 5) is 21.3. The number of fused-ring (bicyclic) bond motifs is 1. The normalized spacial score (nSPS) is 12.2. The Bertz CT molecular complexity index is 787. The average molecular weight is 295 g/mol. The Hall–Kier alpha value is -2.95. The van der Waals surface area contributed by atoms with E-state index in [9.17, 15) is 14.9 Å². The van der Waals surface area contributed by atoms with E-state index in [0.717, 1.165) is 22.8 Å². The third kappa shape index (κ3) is 2.61. The molecule has 1 atom stereocenters. The minimum Gasteiger partial charge on any atom is -0.460 e. The first-order valence-electron chi connectivity index (χ1n) is 6.85. The summed E-state index contributed by atoms with van der Waals surface area (Å²) in [7, 11) is 0. The van der Waals surface area contributed by atoms with Crippen LogP contribution >= 0.6 is 0 Å². The molecule has 3 rings (SSSR count). The number of nitrogens with zero attached hydrogens (tertiary/aromatic N) is 1. The fourth-order valence-corrected chi connectivity index (χ4v) is 2.52. The van der Waals surface area contributed by atoms with Crippen LogP contribution in [0, 0.1) is 10.1 Å². The number of hydrogen-bond acceptors (Lipinski definition) is 4. The molecule has 0 amide bonds. The molecule has 5 heteroatoms. The van der Waals surface area contributed by atoms with Crippen molar-refractivity contribution in [2.45, 2.75) is 12.3 Å². The van der Waals surface area contributed by atoms with Gasteiger partial charge in [0.1, 0.15) is 17.6 Å². The highest BCUT2D eigenvalue weighted by atomic mass is 16.6. The van der Waals surface area contributed by atoms with Gasteiger partial charge in [-0.1, -0.05) is 30.3 Å². The number of hydrogen-bond donors (Lipinski definition) is 0. The Labute approximate surface area is 126 Å². The molecule has 22 heavy (non-hydrogen) atoms. The summed E-state index contributed by atoms with van der Waals surface area (Å²) >= 11 is 0. The number of non-ortho nitro benzene ring substituents is 1. The van der Waals surface area contributed by atoms with Crippen LogP contribution in [0.5, 0.6) is 0 Å². The number of aldehydes is 1. The molecule has 0 aliphatic heterocycles. The lowest BCUT2D eigenvalue weighted by atomic mass is 9.93. The van der Waals surface area contributed by atoms with E-state index in [1.54, 1.807) is 12.1 Å². The predicted octanol–water partition coefficient (Wildman–Crippen LogP) is 4.06. The van der Waals surface area contributed by atoms with Gasteiger partial charge in [0.15, 0.2) is 0 Å². The molecule has 0 radical (unpaired) electrons. The Morgan fingerprint density at radius 1 is 1.14 bits per heavy atom. The Morgan fingerprint density at radius 2 is 1.86 bits per heavy atom. The molecule has 0 spiro atoms. The van der Waals surface area contributed by atoms with E-state index in [4.69, 9.17) is 4.42 Å².